The zero-order chi connectivity index (χ0) is 22.3. The molecule has 3 aromatic carbocycles. The fraction of sp³-hybridized carbons (Fsp3) is 0.174. The lowest BCUT2D eigenvalue weighted by molar-refractivity contribution is -0.145. The van der Waals surface area contributed by atoms with Crippen LogP contribution in [0.15, 0.2) is 89.8 Å². The van der Waals surface area contributed by atoms with E-state index in [4.69, 9.17) is 4.74 Å². The number of hydrogen-bond acceptors (Lipinski definition) is 5. The summed E-state index contributed by atoms with van der Waals surface area (Å²) in [5, 5.41) is 10.8. The summed E-state index contributed by atoms with van der Waals surface area (Å²) in [6.45, 7) is 1.85. The average Bonchev–Trinajstić information content (AvgIpc) is 2.78. The zero-order valence-electron chi connectivity index (χ0n) is 17.0. The summed E-state index contributed by atoms with van der Waals surface area (Å²) in [6.07, 6.45) is -0.0963. The number of sulfonamides is 1. The van der Waals surface area contributed by atoms with Crippen molar-refractivity contribution in [2.75, 3.05) is 5.01 Å². The Morgan fingerprint density at radius 2 is 1.55 bits per heavy atom. The molecule has 0 aliphatic carbocycles. The predicted molar refractivity (Wildman–Crippen MR) is 119 cm³/mol. The van der Waals surface area contributed by atoms with E-state index in [1.807, 2.05) is 43.3 Å². The number of carboxylic acids is 1. The lowest BCUT2D eigenvalue weighted by Gasteiger charge is -2.25. The van der Waals surface area contributed by atoms with Gasteiger partial charge >= 0.3 is 5.97 Å². The van der Waals surface area contributed by atoms with Gasteiger partial charge in [-0.2, -0.15) is 0 Å². The molecule has 0 bridgehead atoms. The maximum Gasteiger partial charge on any atom is 0.344 e. The molecule has 7 nitrogen and oxygen atoms in total. The average molecular weight is 441 g/mol. The summed E-state index contributed by atoms with van der Waals surface area (Å²) >= 11 is 0. The van der Waals surface area contributed by atoms with Crippen molar-refractivity contribution in [1.82, 2.24) is 4.83 Å². The van der Waals surface area contributed by atoms with E-state index in [9.17, 15) is 18.3 Å². The van der Waals surface area contributed by atoms with Gasteiger partial charge in [-0.3, -0.25) is 5.01 Å². The van der Waals surface area contributed by atoms with Crippen molar-refractivity contribution in [3.63, 3.8) is 0 Å². The predicted octanol–water partition coefficient (Wildman–Crippen LogP) is 4.35. The van der Waals surface area contributed by atoms with E-state index in [2.05, 4.69) is 4.83 Å². The minimum absolute atomic E-state index is 0.0394. The van der Waals surface area contributed by atoms with Crippen molar-refractivity contribution in [2.45, 2.75) is 30.8 Å². The van der Waals surface area contributed by atoms with Crippen LogP contribution in [0.4, 0.5) is 11.4 Å². The number of benzene rings is 3. The van der Waals surface area contributed by atoms with Gasteiger partial charge in [-0.15, -0.1) is 4.83 Å². The molecule has 0 radical (unpaired) electrons. The van der Waals surface area contributed by atoms with E-state index in [1.165, 1.54) is 29.3 Å². The molecule has 3 aromatic rings. The van der Waals surface area contributed by atoms with Gasteiger partial charge in [0, 0.05) is 6.07 Å². The van der Waals surface area contributed by atoms with Gasteiger partial charge in [-0.25, -0.2) is 13.2 Å². The molecular formula is C23H24N2O5S. The van der Waals surface area contributed by atoms with Crippen LogP contribution in [0.5, 0.6) is 5.75 Å². The molecule has 1 unspecified atom stereocenters. The third-order valence-electron chi connectivity index (χ3n) is 4.46. The Hall–Kier alpha value is -3.36. The maximum atomic E-state index is 13.2. The first kappa shape index (κ1) is 22.3. The highest BCUT2D eigenvalue weighted by Gasteiger charge is 2.22. The summed E-state index contributed by atoms with van der Waals surface area (Å²) in [4.78, 5) is 13.9. The first-order valence-electron chi connectivity index (χ1n) is 9.83. The van der Waals surface area contributed by atoms with Gasteiger partial charge in [0.15, 0.2) is 6.10 Å². The van der Waals surface area contributed by atoms with E-state index < -0.39 is 22.1 Å². The fourth-order valence-electron chi connectivity index (χ4n) is 2.96. The van der Waals surface area contributed by atoms with E-state index in [-0.39, 0.29) is 10.6 Å². The van der Waals surface area contributed by atoms with Gasteiger partial charge in [-0.05, 0) is 42.8 Å². The van der Waals surface area contributed by atoms with E-state index >= 15 is 0 Å². The van der Waals surface area contributed by atoms with E-state index in [1.54, 1.807) is 24.3 Å². The molecule has 2 N–H and O–H groups in total. The molecule has 0 aliphatic rings. The molecule has 1 atom stereocenters. The minimum atomic E-state index is -4.00. The fourth-order valence-corrected chi connectivity index (χ4v) is 4.04. The van der Waals surface area contributed by atoms with Gasteiger partial charge in [0.1, 0.15) is 5.75 Å². The second kappa shape index (κ2) is 10.1. The van der Waals surface area contributed by atoms with Gasteiger partial charge in [0.05, 0.1) is 16.3 Å². The molecule has 0 aliphatic heterocycles. The van der Waals surface area contributed by atoms with Crippen LogP contribution in [0.25, 0.3) is 0 Å². The Bertz CT molecular complexity index is 1070. The Kier molecular flexibility index (Phi) is 7.28. The van der Waals surface area contributed by atoms with Crippen molar-refractivity contribution in [3.8, 4) is 5.75 Å². The number of carbonyl (C=O) groups is 1. The number of hydrogen-bond donors (Lipinski definition) is 2. The summed E-state index contributed by atoms with van der Waals surface area (Å²) in [6, 6.07) is 23.9. The molecule has 0 saturated heterocycles. The number of rotatable bonds is 10. The quantitative estimate of drug-likeness (QED) is 0.455. The first-order chi connectivity index (χ1) is 14.9. The van der Waals surface area contributed by atoms with Crippen LogP contribution < -0.4 is 14.6 Å². The van der Waals surface area contributed by atoms with Crippen molar-refractivity contribution in [1.29, 1.82) is 0 Å². The first-order valence-corrected chi connectivity index (χ1v) is 11.3. The van der Waals surface area contributed by atoms with Gasteiger partial charge < -0.3 is 9.84 Å². The van der Waals surface area contributed by atoms with E-state index in [0.29, 0.717) is 24.2 Å². The Balaban J connectivity index is 1.90. The summed E-state index contributed by atoms with van der Waals surface area (Å²) in [5.74, 6) is -0.915. The third-order valence-corrected chi connectivity index (χ3v) is 5.76. The number of hydrazine groups is 1. The molecule has 0 amide bonds. The number of nitrogens with zero attached hydrogens (tertiary/aromatic N) is 1. The number of ether oxygens (including phenoxy) is 1. The molecule has 31 heavy (non-hydrogen) atoms. The maximum absolute atomic E-state index is 13.2. The standard InChI is InChI=1S/C23H24N2O5S/c1-2-10-22(23(26)27)30-20-15-9-16-21(17-20)31(28,29)24-25(18-11-5-3-6-12-18)19-13-7-4-8-14-19/h3-9,11-17,22,24H,2,10H2,1H3,(H,26,27). The summed E-state index contributed by atoms with van der Waals surface area (Å²) < 4.78 is 31.8. The van der Waals surface area contributed by atoms with Crippen LogP contribution in [0.3, 0.4) is 0 Å². The van der Waals surface area contributed by atoms with Crippen molar-refractivity contribution < 1.29 is 23.1 Å². The third kappa shape index (κ3) is 5.84. The highest BCUT2D eigenvalue weighted by atomic mass is 32.2. The van der Waals surface area contributed by atoms with Crippen LogP contribution >= 0.6 is 0 Å². The molecule has 3 rings (SSSR count). The Labute approximate surface area is 181 Å². The van der Waals surface area contributed by atoms with Gasteiger partial charge in [0.25, 0.3) is 10.0 Å². The van der Waals surface area contributed by atoms with Crippen LogP contribution in [0.2, 0.25) is 0 Å². The smallest absolute Gasteiger partial charge is 0.344 e. The SMILES string of the molecule is CCCC(Oc1cccc(S(=O)(=O)NN(c2ccccc2)c2ccccc2)c1)C(=O)O. The van der Waals surface area contributed by atoms with Crippen molar-refractivity contribution >= 4 is 27.4 Å². The Morgan fingerprint density at radius 1 is 0.968 bits per heavy atom. The number of carboxylic acid groups (broad SMARTS) is 1. The number of para-hydroxylation sites is 2. The molecule has 0 spiro atoms. The van der Waals surface area contributed by atoms with E-state index in [0.717, 1.165) is 0 Å². The topological polar surface area (TPSA) is 95.9 Å². The Morgan fingerprint density at radius 3 is 2.06 bits per heavy atom. The number of anilines is 2. The lowest BCUT2D eigenvalue weighted by Crippen LogP contribution is -2.38. The molecule has 162 valence electrons. The largest absolute Gasteiger partial charge is 0.479 e. The molecule has 0 heterocycles. The van der Waals surface area contributed by atoms with Gasteiger partial charge in [0.2, 0.25) is 0 Å². The number of aliphatic carboxylic acids is 1. The second-order valence-corrected chi connectivity index (χ2v) is 8.47. The zero-order valence-corrected chi connectivity index (χ0v) is 17.8. The summed E-state index contributed by atoms with van der Waals surface area (Å²) in [5.41, 5.74) is 1.28. The second-order valence-electron chi connectivity index (χ2n) is 6.81. The number of nitrogens with one attached hydrogen (secondary N) is 1. The van der Waals surface area contributed by atoms with Crippen LogP contribution in [-0.2, 0) is 14.8 Å². The van der Waals surface area contributed by atoms with Crippen LogP contribution in [0.1, 0.15) is 19.8 Å². The monoisotopic (exact) mass is 440 g/mol. The van der Waals surface area contributed by atoms with Crippen molar-refractivity contribution in [3.05, 3.63) is 84.9 Å². The highest BCUT2D eigenvalue weighted by Crippen LogP contribution is 2.25. The normalized spacial score (nSPS) is 12.2. The van der Waals surface area contributed by atoms with Gasteiger partial charge in [-0.1, -0.05) is 55.8 Å². The highest BCUT2D eigenvalue weighted by molar-refractivity contribution is 7.89. The van der Waals surface area contributed by atoms with Crippen LogP contribution in [-0.4, -0.2) is 25.6 Å². The summed E-state index contributed by atoms with van der Waals surface area (Å²) in [7, 11) is -4.00. The lowest BCUT2D eigenvalue weighted by atomic mass is 10.2. The molecule has 0 fully saturated rings. The molecular weight excluding hydrogens is 416 g/mol. The van der Waals surface area contributed by atoms with Crippen molar-refractivity contribution in [2.24, 2.45) is 0 Å². The molecule has 0 aromatic heterocycles. The molecule has 8 heteroatoms. The minimum Gasteiger partial charge on any atom is -0.479 e. The molecule has 0 saturated carbocycles. The van der Waals surface area contributed by atoms with Crippen LogP contribution in [0, 0.1) is 0 Å².